The summed E-state index contributed by atoms with van der Waals surface area (Å²) in [5, 5.41) is 5.91. The Bertz CT molecular complexity index is 567. The number of anilines is 2. The van der Waals surface area contributed by atoms with Crippen LogP contribution in [0.1, 0.15) is 10.4 Å². The maximum atomic E-state index is 12.0. The molecule has 19 heavy (non-hydrogen) atoms. The fourth-order valence-corrected chi connectivity index (χ4v) is 1.58. The zero-order valence-corrected chi connectivity index (χ0v) is 10.5. The summed E-state index contributed by atoms with van der Waals surface area (Å²) in [6, 6.07) is 11.1. The van der Waals surface area contributed by atoms with Crippen LogP contribution in [0.3, 0.4) is 0 Å². The van der Waals surface area contributed by atoms with Crippen molar-refractivity contribution in [2.24, 2.45) is 0 Å². The second-order valence-electron chi connectivity index (χ2n) is 3.95. The molecule has 0 unspecified atom stereocenters. The van der Waals surface area contributed by atoms with Gasteiger partial charge in [0.1, 0.15) is 0 Å². The lowest BCUT2D eigenvalue weighted by molar-refractivity contribution is 0.102. The largest absolute Gasteiger partial charge is 0.380 e. The van der Waals surface area contributed by atoms with Crippen LogP contribution in [-0.4, -0.2) is 17.4 Å². The third-order valence-corrected chi connectivity index (χ3v) is 2.48. The summed E-state index contributed by atoms with van der Waals surface area (Å²) in [5.74, 6) is -0.180. The molecule has 2 N–H and O–H groups in total. The molecule has 0 radical (unpaired) electrons. The smallest absolute Gasteiger partial charge is 0.257 e. The molecule has 0 aliphatic carbocycles. The third kappa shape index (κ3) is 3.67. The van der Waals surface area contributed by atoms with E-state index < -0.39 is 0 Å². The first-order valence-corrected chi connectivity index (χ1v) is 5.96. The Hall–Kier alpha value is -2.62. The molecule has 2 aromatic rings. The minimum absolute atomic E-state index is 0.180. The SMILES string of the molecule is C=CCNc1cncc(C(=O)Nc2ccccc2)c1. The lowest BCUT2D eigenvalue weighted by Gasteiger charge is -2.07. The molecular weight excluding hydrogens is 238 g/mol. The number of para-hydroxylation sites is 1. The van der Waals surface area contributed by atoms with E-state index in [1.807, 2.05) is 30.3 Å². The van der Waals surface area contributed by atoms with E-state index in [9.17, 15) is 4.79 Å². The number of nitrogens with one attached hydrogen (secondary N) is 2. The number of carbonyl (C=O) groups is 1. The molecular formula is C15H15N3O. The van der Waals surface area contributed by atoms with Gasteiger partial charge in [-0.2, -0.15) is 0 Å². The van der Waals surface area contributed by atoms with Crippen LogP contribution >= 0.6 is 0 Å². The van der Waals surface area contributed by atoms with Gasteiger partial charge in [0, 0.05) is 24.6 Å². The van der Waals surface area contributed by atoms with Crippen LogP contribution in [0.25, 0.3) is 0 Å². The topological polar surface area (TPSA) is 54.0 Å². The molecule has 0 saturated heterocycles. The normalized spacial score (nSPS) is 9.68. The molecule has 4 heteroatoms. The van der Waals surface area contributed by atoms with Crippen molar-refractivity contribution in [1.29, 1.82) is 0 Å². The maximum Gasteiger partial charge on any atom is 0.257 e. The van der Waals surface area contributed by atoms with Crippen molar-refractivity contribution in [3.05, 3.63) is 67.0 Å². The molecule has 0 spiro atoms. The van der Waals surface area contributed by atoms with E-state index >= 15 is 0 Å². The van der Waals surface area contributed by atoms with Gasteiger partial charge in [-0.3, -0.25) is 9.78 Å². The zero-order valence-electron chi connectivity index (χ0n) is 10.5. The van der Waals surface area contributed by atoms with Crippen molar-refractivity contribution in [3.63, 3.8) is 0 Å². The highest BCUT2D eigenvalue weighted by molar-refractivity contribution is 6.04. The number of carbonyl (C=O) groups excluding carboxylic acids is 1. The second kappa shape index (κ2) is 6.35. The Morgan fingerprint density at radius 2 is 2.00 bits per heavy atom. The summed E-state index contributed by atoms with van der Waals surface area (Å²) in [7, 11) is 0. The monoisotopic (exact) mass is 253 g/mol. The van der Waals surface area contributed by atoms with Crippen LogP contribution in [0, 0.1) is 0 Å². The van der Waals surface area contributed by atoms with Crippen molar-refractivity contribution >= 4 is 17.3 Å². The minimum atomic E-state index is -0.180. The van der Waals surface area contributed by atoms with Crippen LogP contribution in [0.15, 0.2) is 61.4 Å². The van der Waals surface area contributed by atoms with Crippen LogP contribution in [0.2, 0.25) is 0 Å². The Labute approximate surface area is 112 Å². The lowest BCUT2D eigenvalue weighted by atomic mass is 10.2. The molecule has 0 saturated carbocycles. The Morgan fingerprint density at radius 1 is 1.21 bits per heavy atom. The summed E-state index contributed by atoms with van der Waals surface area (Å²) >= 11 is 0. The van der Waals surface area contributed by atoms with Gasteiger partial charge in [0.25, 0.3) is 5.91 Å². The van der Waals surface area contributed by atoms with E-state index in [0.717, 1.165) is 11.4 Å². The van der Waals surface area contributed by atoms with Crippen molar-refractivity contribution in [1.82, 2.24) is 4.98 Å². The molecule has 1 aromatic carbocycles. The summed E-state index contributed by atoms with van der Waals surface area (Å²) in [6.07, 6.45) is 4.96. The van der Waals surface area contributed by atoms with Crippen molar-refractivity contribution in [3.8, 4) is 0 Å². The number of amides is 1. The van der Waals surface area contributed by atoms with Gasteiger partial charge in [-0.15, -0.1) is 6.58 Å². The number of nitrogens with zero attached hydrogens (tertiary/aromatic N) is 1. The van der Waals surface area contributed by atoms with Crippen LogP contribution < -0.4 is 10.6 Å². The van der Waals surface area contributed by atoms with Crippen molar-refractivity contribution < 1.29 is 4.79 Å². The van der Waals surface area contributed by atoms with E-state index in [1.54, 1.807) is 18.3 Å². The average molecular weight is 253 g/mol. The van der Waals surface area contributed by atoms with E-state index in [4.69, 9.17) is 0 Å². The van der Waals surface area contributed by atoms with Gasteiger partial charge in [-0.1, -0.05) is 24.3 Å². The van der Waals surface area contributed by atoms with Crippen molar-refractivity contribution in [2.45, 2.75) is 0 Å². The molecule has 96 valence electrons. The first kappa shape index (κ1) is 12.8. The molecule has 0 bridgehead atoms. The number of hydrogen-bond acceptors (Lipinski definition) is 3. The Balaban J connectivity index is 2.08. The molecule has 0 fully saturated rings. The highest BCUT2D eigenvalue weighted by Crippen LogP contribution is 2.11. The van der Waals surface area contributed by atoms with E-state index in [1.165, 1.54) is 6.20 Å². The maximum absolute atomic E-state index is 12.0. The van der Waals surface area contributed by atoms with E-state index in [0.29, 0.717) is 12.1 Å². The summed E-state index contributed by atoms with van der Waals surface area (Å²) < 4.78 is 0. The summed E-state index contributed by atoms with van der Waals surface area (Å²) in [4.78, 5) is 16.1. The Morgan fingerprint density at radius 3 is 2.74 bits per heavy atom. The van der Waals surface area contributed by atoms with Gasteiger partial charge in [-0.05, 0) is 18.2 Å². The molecule has 0 atom stereocenters. The standard InChI is InChI=1S/C15H15N3O/c1-2-8-17-14-9-12(10-16-11-14)15(19)18-13-6-4-3-5-7-13/h2-7,9-11,17H,1,8H2,(H,18,19). The molecule has 1 aromatic heterocycles. The molecule has 2 rings (SSSR count). The lowest BCUT2D eigenvalue weighted by Crippen LogP contribution is -2.12. The molecule has 1 heterocycles. The number of aromatic nitrogens is 1. The van der Waals surface area contributed by atoms with Gasteiger partial charge in [0.2, 0.25) is 0 Å². The predicted octanol–water partition coefficient (Wildman–Crippen LogP) is 2.93. The number of benzene rings is 1. The van der Waals surface area contributed by atoms with Gasteiger partial charge in [0.05, 0.1) is 11.3 Å². The average Bonchev–Trinajstić information content (AvgIpc) is 2.46. The molecule has 0 aliphatic rings. The fraction of sp³-hybridized carbons (Fsp3) is 0.0667. The zero-order chi connectivity index (χ0) is 13.5. The number of pyridine rings is 1. The van der Waals surface area contributed by atoms with Gasteiger partial charge in [-0.25, -0.2) is 0 Å². The molecule has 0 aliphatic heterocycles. The number of hydrogen-bond donors (Lipinski definition) is 2. The molecule has 4 nitrogen and oxygen atoms in total. The number of rotatable bonds is 5. The minimum Gasteiger partial charge on any atom is -0.380 e. The quantitative estimate of drug-likeness (QED) is 0.805. The van der Waals surface area contributed by atoms with Crippen molar-refractivity contribution in [2.75, 3.05) is 17.2 Å². The van der Waals surface area contributed by atoms with Crippen LogP contribution in [0.5, 0.6) is 0 Å². The first-order valence-electron chi connectivity index (χ1n) is 5.96. The second-order valence-corrected chi connectivity index (χ2v) is 3.95. The first-order chi connectivity index (χ1) is 9.29. The predicted molar refractivity (Wildman–Crippen MR) is 77.3 cm³/mol. The highest BCUT2D eigenvalue weighted by Gasteiger charge is 2.06. The van der Waals surface area contributed by atoms with E-state index in [-0.39, 0.29) is 5.91 Å². The van der Waals surface area contributed by atoms with Gasteiger partial charge >= 0.3 is 0 Å². The van der Waals surface area contributed by atoms with Crippen LogP contribution in [-0.2, 0) is 0 Å². The van der Waals surface area contributed by atoms with Crippen LogP contribution in [0.4, 0.5) is 11.4 Å². The summed E-state index contributed by atoms with van der Waals surface area (Å²) in [6.45, 7) is 4.26. The third-order valence-electron chi connectivity index (χ3n) is 2.48. The Kier molecular flexibility index (Phi) is 4.29. The fourth-order valence-electron chi connectivity index (χ4n) is 1.58. The molecule has 1 amide bonds. The van der Waals surface area contributed by atoms with Gasteiger partial charge < -0.3 is 10.6 Å². The van der Waals surface area contributed by atoms with E-state index in [2.05, 4.69) is 22.2 Å². The van der Waals surface area contributed by atoms with Gasteiger partial charge in [0.15, 0.2) is 0 Å². The highest BCUT2D eigenvalue weighted by atomic mass is 16.1. The summed E-state index contributed by atoms with van der Waals surface area (Å²) in [5.41, 5.74) is 2.07.